The van der Waals surface area contributed by atoms with Crippen molar-refractivity contribution in [2.45, 2.75) is 52.5 Å². The Morgan fingerprint density at radius 2 is 2.00 bits per heavy atom. The third kappa shape index (κ3) is 4.14. The second-order valence-corrected chi connectivity index (χ2v) is 9.32. The maximum Gasteiger partial charge on any atom is 0.115 e. The highest BCUT2D eigenvalue weighted by Gasteiger charge is 2.25. The lowest BCUT2D eigenvalue weighted by atomic mass is 9.94. The summed E-state index contributed by atoms with van der Waals surface area (Å²) in [5.41, 5.74) is 3.62. The maximum absolute atomic E-state index is 5.54. The predicted molar refractivity (Wildman–Crippen MR) is 109 cm³/mol. The number of hydrogen-bond donors (Lipinski definition) is 0. The number of rotatable bonds is 5. The zero-order valence-electron chi connectivity index (χ0n) is 16.2. The molecular weight excluding hydrogens is 330 g/mol. The van der Waals surface area contributed by atoms with Crippen molar-refractivity contribution in [3.63, 3.8) is 0 Å². The molecule has 2 aromatic rings. The van der Waals surface area contributed by atoms with Gasteiger partial charge in [-0.15, -0.1) is 0 Å². The smallest absolute Gasteiger partial charge is 0.115 e. The van der Waals surface area contributed by atoms with E-state index in [0.717, 1.165) is 43.9 Å². The summed E-state index contributed by atoms with van der Waals surface area (Å²) < 4.78 is 10.2. The number of aromatic nitrogens is 2. The molecule has 2 heterocycles. The van der Waals surface area contributed by atoms with Crippen molar-refractivity contribution in [2.75, 3.05) is 30.3 Å². The van der Waals surface area contributed by atoms with Crippen molar-refractivity contribution >= 4 is 28.7 Å². The highest BCUT2D eigenvalue weighted by molar-refractivity contribution is 8.00. The molecule has 25 heavy (non-hydrogen) atoms. The van der Waals surface area contributed by atoms with Gasteiger partial charge in [0.05, 0.1) is 11.0 Å². The van der Waals surface area contributed by atoms with Crippen molar-refractivity contribution in [2.24, 2.45) is 5.92 Å². The van der Waals surface area contributed by atoms with Crippen LogP contribution >= 0.6 is 11.9 Å². The van der Waals surface area contributed by atoms with Crippen molar-refractivity contribution in [1.82, 2.24) is 9.55 Å². The van der Waals surface area contributed by atoms with Gasteiger partial charge in [0.25, 0.3) is 0 Å². The van der Waals surface area contributed by atoms with E-state index in [-0.39, 0.29) is 5.41 Å². The molecule has 1 aromatic heterocycles. The van der Waals surface area contributed by atoms with Crippen molar-refractivity contribution in [3.8, 4) is 0 Å². The predicted octanol–water partition coefficient (Wildman–Crippen LogP) is 4.86. The van der Waals surface area contributed by atoms with Gasteiger partial charge in [-0.1, -0.05) is 39.6 Å². The van der Waals surface area contributed by atoms with Gasteiger partial charge in [0, 0.05) is 43.7 Å². The second kappa shape index (κ2) is 7.58. The Bertz CT molecular complexity index is 714. The largest absolute Gasteiger partial charge is 0.381 e. The number of benzene rings is 1. The van der Waals surface area contributed by atoms with Crippen LogP contribution in [0.4, 0.5) is 5.69 Å². The fourth-order valence-corrected chi connectivity index (χ4v) is 4.18. The summed E-state index contributed by atoms with van der Waals surface area (Å²) in [6.07, 6.45) is 2.30. The minimum atomic E-state index is 0.0361. The fourth-order valence-electron chi connectivity index (χ4n) is 3.53. The van der Waals surface area contributed by atoms with Crippen molar-refractivity contribution in [1.29, 1.82) is 0 Å². The van der Waals surface area contributed by atoms with E-state index in [0.29, 0.717) is 5.92 Å². The average Bonchev–Trinajstić information content (AvgIpc) is 2.94. The Kier molecular flexibility index (Phi) is 5.64. The topological polar surface area (TPSA) is 30.3 Å². The Labute approximate surface area is 156 Å². The van der Waals surface area contributed by atoms with Crippen molar-refractivity contribution < 1.29 is 4.74 Å². The zero-order valence-corrected chi connectivity index (χ0v) is 17.0. The first-order valence-corrected chi connectivity index (χ1v) is 10.3. The molecule has 0 atom stereocenters. The van der Waals surface area contributed by atoms with Crippen LogP contribution < -0.4 is 4.31 Å². The van der Waals surface area contributed by atoms with E-state index in [4.69, 9.17) is 9.72 Å². The number of fused-ring (bicyclic) bond motifs is 1. The molecule has 138 valence electrons. The molecule has 3 rings (SSSR count). The van der Waals surface area contributed by atoms with E-state index in [2.05, 4.69) is 61.8 Å². The zero-order chi connectivity index (χ0) is 18.0. The maximum atomic E-state index is 5.54. The van der Waals surface area contributed by atoms with Gasteiger partial charge in [-0.3, -0.25) is 0 Å². The summed E-state index contributed by atoms with van der Waals surface area (Å²) in [6.45, 7) is 11.8. The standard InChI is InChI=1S/C20H31N3OS/c1-6-25-22(5)16-7-8-18-17(13-16)21-19(20(2,3)4)23(18)14-15-9-11-24-12-10-15/h7-8,13,15H,6,9-12,14H2,1-5H3. The monoisotopic (exact) mass is 361 g/mol. The van der Waals surface area contributed by atoms with Crippen LogP contribution in [-0.2, 0) is 16.7 Å². The van der Waals surface area contributed by atoms with Gasteiger partial charge in [-0.05, 0) is 37.0 Å². The highest BCUT2D eigenvalue weighted by Crippen LogP contribution is 2.32. The molecule has 0 amide bonds. The summed E-state index contributed by atoms with van der Waals surface area (Å²) in [4.78, 5) is 5.05. The van der Waals surface area contributed by atoms with E-state index in [1.165, 1.54) is 17.0 Å². The van der Waals surface area contributed by atoms with Gasteiger partial charge in [-0.2, -0.15) is 0 Å². The number of nitrogens with zero attached hydrogens (tertiary/aromatic N) is 3. The molecule has 5 heteroatoms. The van der Waals surface area contributed by atoms with Crippen LogP contribution in [0.15, 0.2) is 18.2 Å². The average molecular weight is 362 g/mol. The molecule has 0 unspecified atom stereocenters. The third-order valence-electron chi connectivity index (χ3n) is 4.87. The lowest BCUT2D eigenvalue weighted by molar-refractivity contribution is 0.0611. The van der Waals surface area contributed by atoms with Gasteiger partial charge < -0.3 is 13.6 Å². The van der Waals surface area contributed by atoms with E-state index in [1.807, 2.05) is 11.9 Å². The van der Waals surface area contributed by atoms with E-state index in [9.17, 15) is 0 Å². The number of ether oxygens (including phenoxy) is 1. The minimum absolute atomic E-state index is 0.0361. The van der Waals surface area contributed by atoms with Crippen molar-refractivity contribution in [3.05, 3.63) is 24.0 Å². The number of imidazole rings is 1. The second-order valence-electron chi connectivity index (χ2n) is 7.94. The summed E-state index contributed by atoms with van der Waals surface area (Å²) in [5.74, 6) is 2.95. The Hall–Kier alpha value is -1.20. The third-order valence-corrected chi connectivity index (χ3v) is 5.73. The first-order chi connectivity index (χ1) is 11.9. The lowest BCUT2D eigenvalue weighted by Crippen LogP contribution is -2.25. The summed E-state index contributed by atoms with van der Waals surface area (Å²) >= 11 is 1.82. The van der Waals surface area contributed by atoms with Crippen LogP contribution in [-0.4, -0.2) is 35.6 Å². The van der Waals surface area contributed by atoms with Crippen LogP contribution in [0.2, 0.25) is 0 Å². The molecule has 1 aliphatic rings. The van der Waals surface area contributed by atoms with Gasteiger partial charge >= 0.3 is 0 Å². The van der Waals surface area contributed by atoms with Crippen LogP contribution in [0.1, 0.15) is 46.4 Å². The summed E-state index contributed by atoms with van der Waals surface area (Å²) in [6, 6.07) is 6.70. The first-order valence-electron chi connectivity index (χ1n) is 9.35. The molecule has 1 saturated heterocycles. The van der Waals surface area contributed by atoms with Crippen LogP contribution in [0.25, 0.3) is 11.0 Å². The van der Waals surface area contributed by atoms with Gasteiger partial charge in [0.1, 0.15) is 5.82 Å². The minimum Gasteiger partial charge on any atom is -0.381 e. The molecule has 0 N–H and O–H groups in total. The molecule has 0 bridgehead atoms. The van der Waals surface area contributed by atoms with E-state index in [1.54, 1.807) is 0 Å². The lowest BCUT2D eigenvalue weighted by Gasteiger charge is -2.26. The molecule has 1 aromatic carbocycles. The number of hydrogen-bond acceptors (Lipinski definition) is 4. The molecule has 0 spiro atoms. The quantitative estimate of drug-likeness (QED) is 0.711. The van der Waals surface area contributed by atoms with Gasteiger partial charge in [-0.25, -0.2) is 4.98 Å². The van der Waals surface area contributed by atoms with Gasteiger partial charge in [0.2, 0.25) is 0 Å². The Balaban J connectivity index is 2.00. The van der Waals surface area contributed by atoms with Crippen LogP contribution in [0.3, 0.4) is 0 Å². The fraction of sp³-hybridized carbons (Fsp3) is 0.650. The van der Waals surface area contributed by atoms with Crippen LogP contribution in [0.5, 0.6) is 0 Å². The molecular formula is C20H31N3OS. The van der Waals surface area contributed by atoms with E-state index >= 15 is 0 Å². The Morgan fingerprint density at radius 3 is 2.64 bits per heavy atom. The Morgan fingerprint density at radius 1 is 1.28 bits per heavy atom. The molecule has 0 aliphatic carbocycles. The molecule has 0 radical (unpaired) electrons. The van der Waals surface area contributed by atoms with Crippen LogP contribution in [0, 0.1) is 5.92 Å². The molecule has 0 saturated carbocycles. The molecule has 4 nitrogen and oxygen atoms in total. The van der Waals surface area contributed by atoms with Gasteiger partial charge in [0.15, 0.2) is 0 Å². The normalized spacial score (nSPS) is 16.5. The summed E-state index contributed by atoms with van der Waals surface area (Å²) in [5, 5.41) is 0. The summed E-state index contributed by atoms with van der Waals surface area (Å²) in [7, 11) is 2.12. The highest BCUT2D eigenvalue weighted by atomic mass is 32.2. The van der Waals surface area contributed by atoms with E-state index < -0.39 is 0 Å². The number of anilines is 1. The SMILES string of the molecule is CCSN(C)c1ccc2c(c1)nc(C(C)(C)C)n2CC1CCOCC1. The molecule has 1 fully saturated rings. The molecule has 1 aliphatic heterocycles. The first kappa shape index (κ1) is 18.6.